The van der Waals surface area contributed by atoms with Crippen LogP contribution in [-0.2, 0) is 18.3 Å². The SMILES string of the molecule is c1ccc(N(c2ccccc2)c2cccc3c2C24c5c(cccc5N(c5ccccc5)c5ccc6ccccc6c5)CC2CCCCC4C3)cc1. The number of nitrogens with zero attached hydrogens (tertiary/aromatic N) is 2. The largest absolute Gasteiger partial charge is 0.310 e. The maximum absolute atomic E-state index is 2.57. The number of hydrogen-bond acceptors (Lipinski definition) is 2. The summed E-state index contributed by atoms with van der Waals surface area (Å²) in [4.78, 5) is 5.11. The molecule has 0 heterocycles. The van der Waals surface area contributed by atoms with Gasteiger partial charge in [-0.2, -0.15) is 0 Å². The molecule has 3 unspecified atom stereocenters. The van der Waals surface area contributed by atoms with Gasteiger partial charge in [-0.05, 0) is 131 Å². The molecule has 7 aromatic carbocycles. The smallest absolute Gasteiger partial charge is 0.0505 e. The van der Waals surface area contributed by atoms with Gasteiger partial charge in [0.05, 0.1) is 11.4 Å². The lowest BCUT2D eigenvalue weighted by molar-refractivity contribution is 0.258. The van der Waals surface area contributed by atoms with Crippen LogP contribution in [0.3, 0.4) is 0 Å². The molecule has 1 saturated carbocycles. The van der Waals surface area contributed by atoms with E-state index in [4.69, 9.17) is 0 Å². The van der Waals surface area contributed by atoms with E-state index in [2.05, 4.69) is 180 Å². The Kier molecular flexibility index (Phi) is 7.30. The fourth-order valence-corrected chi connectivity index (χ4v) is 10.3. The number of anilines is 6. The molecule has 3 aliphatic carbocycles. The standard InChI is InChI=1S/C49H42N2/c1-4-22-41(23-5-1)50(42-24-6-2-7-25-42)45-28-14-18-37-32-39-20-12-13-21-40-33-38-19-15-29-46(48(38)49(39,40)47(37)45)51(43-26-8-3-9-27-43)44-31-30-35-16-10-11-17-36(35)34-44/h1-11,14-19,22-31,34,39-40H,12-13,20-21,32-33H2. The van der Waals surface area contributed by atoms with Gasteiger partial charge in [-0.3, -0.25) is 0 Å². The van der Waals surface area contributed by atoms with Crippen molar-refractivity contribution in [2.24, 2.45) is 11.8 Å². The van der Waals surface area contributed by atoms with Crippen molar-refractivity contribution in [2.75, 3.05) is 9.80 Å². The minimum Gasteiger partial charge on any atom is -0.310 e. The second-order valence-corrected chi connectivity index (χ2v) is 14.8. The molecule has 1 spiro atoms. The summed E-state index contributed by atoms with van der Waals surface area (Å²) >= 11 is 0. The number of rotatable bonds is 6. The molecule has 7 aromatic rings. The lowest BCUT2D eigenvalue weighted by atomic mass is 9.63. The van der Waals surface area contributed by atoms with E-state index in [0.29, 0.717) is 11.8 Å². The molecule has 3 atom stereocenters. The molecule has 2 heteroatoms. The fourth-order valence-electron chi connectivity index (χ4n) is 10.3. The third kappa shape index (κ3) is 4.77. The molecule has 0 aliphatic heterocycles. The molecule has 0 bridgehead atoms. The topological polar surface area (TPSA) is 6.48 Å². The first-order valence-electron chi connectivity index (χ1n) is 18.8. The molecular formula is C49H42N2. The second kappa shape index (κ2) is 12.3. The second-order valence-electron chi connectivity index (χ2n) is 14.8. The normalized spacial score (nSPS) is 20.2. The minimum atomic E-state index is -0.0972. The van der Waals surface area contributed by atoms with Gasteiger partial charge in [0.25, 0.3) is 0 Å². The van der Waals surface area contributed by atoms with Crippen LogP contribution in [-0.4, -0.2) is 0 Å². The van der Waals surface area contributed by atoms with Gasteiger partial charge in [-0.15, -0.1) is 0 Å². The van der Waals surface area contributed by atoms with E-state index >= 15 is 0 Å². The Bertz CT molecular complexity index is 2300. The number of benzene rings is 7. The summed E-state index contributed by atoms with van der Waals surface area (Å²) in [6, 6.07) is 63.2. The lowest BCUT2D eigenvalue weighted by Gasteiger charge is -2.43. The molecule has 51 heavy (non-hydrogen) atoms. The highest BCUT2D eigenvalue weighted by molar-refractivity contribution is 5.91. The lowest BCUT2D eigenvalue weighted by Crippen LogP contribution is -2.39. The fraction of sp³-hybridized carbons (Fsp3) is 0.184. The number of para-hydroxylation sites is 3. The Hall–Kier alpha value is -5.60. The Labute approximate surface area is 301 Å². The monoisotopic (exact) mass is 658 g/mol. The first-order valence-corrected chi connectivity index (χ1v) is 18.8. The average molecular weight is 659 g/mol. The highest BCUT2D eigenvalue weighted by Crippen LogP contribution is 2.66. The molecule has 0 aromatic heterocycles. The first-order chi connectivity index (χ1) is 25.3. The van der Waals surface area contributed by atoms with E-state index in [9.17, 15) is 0 Å². The molecule has 0 N–H and O–H groups in total. The first kappa shape index (κ1) is 30.2. The third-order valence-electron chi connectivity index (χ3n) is 12.2. The zero-order valence-corrected chi connectivity index (χ0v) is 29.0. The molecule has 0 saturated heterocycles. The Morgan fingerprint density at radius 1 is 0.392 bits per heavy atom. The summed E-state index contributed by atoms with van der Waals surface area (Å²) in [5.41, 5.74) is 13.6. The van der Waals surface area contributed by atoms with Crippen molar-refractivity contribution in [3.63, 3.8) is 0 Å². The number of fused-ring (bicyclic) bond motifs is 3. The molecular weight excluding hydrogens is 617 g/mol. The van der Waals surface area contributed by atoms with Crippen LogP contribution in [0.25, 0.3) is 10.8 Å². The summed E-state index contributed by atoms with van der Waals surface area (Å²) in [6.45, 7) is 0. The molecule has 248 valence electrons. The van der Waals surface area contributed by atoms with Gasteiger partial charge in [0, 0.05) is 28.2 Å². The van der Waals surface area contributed by atoms with Crippen molar-refractivity contribution in [3.05, 3.63) is 192 Å². The summed E-state index contributed by atoms with van der Waals surface area (Å²) in [7, 11) is 0. The highest BCUT2D eigenvalue weighted by Gasteiger charge is 2.59. The zero-order chi connectivity index (χ0) is 33.8. The molecule has 1 fully saturated rings. The Balaban J connectivity index is 1.27. The molecule has 2 nitrogen and oxygen atoms in total. The van der Waals surface area contributed by atoms with Gasteiger partial charge in [0.2, 0.25) is 0 Å². The van der Waals surface area contributed by atoms with Crippen molar-refractivity contribution < 1.29 is 0 Å². The summed E-state index contributed by atoms with van der Waals surface area (Å²) in [6.07, 6.45) is 7.39. The van der Waals surface area contributed by atoms with Crippen molar-refractivity contribution in [1.29, 1.82) is 0 Å². The van der Waals surface area contributed by atoms with Gasteiger partial charge in [0.1, 0.15) is 0 Å². The predicted octanol–water partition coefficient (Wildman–Crippen LogP) is 13.0. The van der Waals surface area contributed by atoms with Crippen molar-refractivity contribution in [1.82, 2.24) is 0 Å². The van der Waals surface area contributed by atoms with E-state index in [1.165, 1.54) is 81.7 Å². The van der Waals surface area contributed by atoms with Gasteiger partial charge in [-0.25, -0.2) is 0 Å². The molecule has 10 rings (SSSR count). The van der Waals surface area contributed by atoms with E-state index in [1.807, 2.05) is 0 Å². The third-order valence-corrected chi connectivity index (χ3v) is 12.2. The predicted molar refractivity (Wildman–Crippen MR) is 213 cm³/mol. The van der Waals surface area contributed by atoms with Crippen LogP contribution in [0.2, 0.25) is 0 Å². The van der Waals surface area contributed by atoms with Gasteiger partial charge >= 0.3 is 0 Å². The molecule has 0 radical (unpaired) electrons. The zero-order valence-electron chi connectivity index (χ0n) is 29.0. The van der Waals surface area contributed by atoms with Crippen molar-refractivity contribution >= 4 is 44.9 Å². The van der Waals surface area contributed by atoms with Crippen molar-refractivity contribution in [2.45, 2.75) is 43.9 Å². The average Bonchev–Trinajstić information content (AvgIpc) is 3.64. The van der Waals surface area contributed by atoms with Crippen LogP contribution in [0.5, 0.6) is 0 Å². The molecule has 0 amide bonds. The van der Waals surface area contributed by atoms with Crippen LogP contribution in [0.1, 0.15) is 47.9 Å². The Morgan fingerprint density at radius 3 is 1.35 bits per heavy atom. The van der Waals surface area contributed by atoms with Crippen LogP contribution in [0, 0.1) is 11.8 Å². The summed E-state index contributed by atoms with van der Waals surface area (Å²) in [5.74, 6) is 1.09. The van der Waals surface area contributed by atoms with E-state index in [1.54, 1.807) is 11.1 Å². The van der Waals surface area contributed by atoms with E-state index in [-0.39, 0.29) is 5.41 Å². The summed E-state index contributed by atoms with van der Waals surface area (Å²) in [5, 5.41) is 2.54. The minimum absolute atomic E-state index is 0.0972. The summed E-state index contributed by atoms with van der Waals surface area (Å²) < 4.78 is 0. The molecule has 3 aliphatic rings. The van der Waals surface area contributed by atoms with Crippen LogP contribution in [0.15, 0.2) is 170 Å². The Morgan fingerprint density at radius 2 is 0.843 bits per heavy atom. The van der Waals surface area contributed by atoms with Crippen LogP contribution >= 0.6 is 0 Å². The van der Waals surface area contributed by atoms with Crippen molar-refractivity contribution in [3.8, 4) is 0 Å². The van der Waals surface area contributed by atoms with E-state index in [0.717, 1.165) is 12.8 Å². The van der Waals surface area contributed by atoms with Gasteiger partial charge in [-0.1, -0.05) is 122 Å². The van der Waals surface area contributed by atoms with Crippen LogP contribution in [0.4, 0.5) is 34.1 Å². The van der Waals surface area contributed by atoms with E-state index < -0.39 is 0 Å². The maximum atomic E-state index is 2.57. The van der Waals surface area contributed by atoms with Crippen LogP contribution < -0.4 is 9.80 Å². The quantitative estimate of drug-likeness (QED) is 0.175. The number of hydrogen-bond donors (Lipinski definition) is 0. The highest BCUT2D eigenvalue weighted by atomic mass is 15.2. The van der Waals surface area contributed by atoms with Gasteiger partial charge in [0.15, 0.2) is 0 Å². The van der Waals surface area contributed by atoms with Gasteiger partial charge < -0.3 is 9.80 Å². The maximum Gasteiger partial charge on any atom is 0.0505 e.